The molecule has 1 aliphatic heterocycles. The molecule has 8 heteroatoms. The SMILES string of the molecule is CC(=O)N[C@@H](Cc1c[nH]c2ccccc12)C(=O)OCC(=O)N1CCCC1=O. The molecule has 2 N–H and O–H groups in total. The maximum atomic E-state index is 12.4. The lowest BCUT2D eigenvalue weighted by Gasteiger charge is -2.18. The highest BCUT2D eigenvalue weighted by Gasteiger charge is 2.29. The molecule has 3 rings (SSSR count). The molecule has 1 aromatic carbocycles. The molecule has 142 valence electrons. The number of nitrogens with zero attached hydrogens (tertiary/aromatic N) is 1. The van der Waals surface area contributed by atoms with Crippen molar-refractivity contribution in [3.05, 3.63) is 36.0 Å². The molecule has 1 aromatic heterocycles. The summed E-state index contributed by atoms with van der Waals surface area (Å²) in [7, 11) is 0. The van der Waals surface area contributed by atoms with E-state index in [2.05, 4.69) is 10.3 Å². The highest BCUT2D eigenvalue weighted by molar-refractivity contribution is 5.98. The van der Waals surface area contributed by atoms with Crippen LogP contribution in [-0.2, 0) is 30.3 Å². The van der Waals surface area contributed by atoms with E-state index in [0.717, 1.165) is 21.4 Å². The van der Waals surface area contributed by atoms with Crippen LogP contribution >= 0.6 is 0 Å². The van der Waals surface area contributed by atoms with Crippen LogP contribution in [0.3, 0.4) is 0 Å². The fourth-order valence-electron chi connectivity index (χ4n) is 3.18. The van der Waals surface area contributed by atoms with Gasteiger partial charge in [0.1, 0.15) is 6.04 Å². The summed E-state index contributed by atoms with van der Waals surface area (Å²) >= 11 is 0. The van der Waals surface area contributed by atoms with Gasteiger partial charge in [-0.2, -0.15) is 0 Å². The molecule has 2 heterocycles. The average Bonchev–Trinajstić information content (AvgIpc) is 3.25. The zero-order valence-electron chi connectivity index (χ0n) is 15.0. The zero-order chi connectivity index (χ0) is 19.4. The van der Waals surface area contributed by atoms with Gasteiger partial charge in [-0.3, -0.25) is 19.3 Å². The minimum Gasteiger partial charge on any atom is -0.454 e. The summed E-state index contributed by atoms with van der Waals surface area (Å²) in [6, 6.07) is 6.68. The summed E-state index contributed by atoms with van der Waals surface area (Å²) in [5.41, 5.74) is 1.77. The van der Waals surface area contributed by atoms with Gasteiger partial charge in [-0.05, 0) is 18.1 Å². The first-order valence-corrected chi connectivity index (χ1v) is 8.77. The summed E-state index contributed by atoms with van der Waals surface area (Å²) in [4.78, 5) is 51.8. The maximum absolute atomic E-state index is 12.4. The van der Waals surface area contributed by atoms with Crippen LogP contribution < -0.4 is 5.32 Å². The molecule has 0 unspecified atom stereocenters. The predicted octanol–water partition coefficient (Wildman–Crippen LogP) is 0.907. The van der Waals surface area contributed by atoms with Crippen molar-refractivity contribution < 1.29 is 23.9 Å². The Balaban J connectivity index is 1.66. The number of hydrogen-bond acceptors (Lipinski definition) is 5. The van der Waals surface area contributed by atoms with Crippen molar-refractivity contribution in [3.63, 3.8) is 0 Å². The molecule has 0 saturated carbocycles. The van der Waals surface area contributed by atoms with Crippen molar-refractivity contribution >= 4 is 34.6 Å². The van der Waals surface area contributed by atoms with E-state index in [1.54, 1.807) is 6.20 Å². The second-order valence-electron chi connectivity index (χ2n) is 6.47. The summed E-state index contributed by atoms with van der Waals surface area (Å²) in [5, 5.41) is 3.51. The molecular formula is C19H21N3O5. The Hall–Kier alpha value is -3.16. The third-order valence-electron chi connectivity index (χ3n) is 4.47. The van der Waals surface area contributed by atoms with Crippen LogP contribution in [0.2, 0.25) is 0 Å². The van der Waals surface area contributed by atoms with Crippen LogP contribution in [0.25, 0.3) is 10.9 Å². The number of imide groups is 1. The van der Waals surface area contributed by atoms with Crippen LogP contribution in [-0.4, -0.2) is 52.8 Å². The third kappa shape index (κ3) is 4.33. The number of benzene rings is 1. The normalized spacial score (nSPS) is 15.0. The van der Waals surface area contributed by atoms with Crippen molar-refractivity contribution in [2.75, 3.05) is 13.2 Å². The van der Waals surface area contributed by atoms with E-state index in [1.165, 1.54) is 6.92 Å². The molecule has 1 fully saturated rings. The largest absolute Gasteiger partial charge is 0.454 e. The molecule has 8 nitrogen and oxygen atoms in total. The molecule has 0 bridgehead atoms. The lowest BCUT2D eigenvalue weighted by atomic mass is 10.0. The number of H-pyrrole nitrogens is 1. The van der Waals surface area contributed by atoms with E-state index in [9.17, 15) is 19.2 Å². The van der Waals surface area contributed by atoms with Gasteiger partial charge >= 0.3 is 5.97 Å². The number of esters is 1. The molecule has 2 aromatic rings. The molecule has 0 radical (unpaired) electrons. The van der Waals surface area contributed by atoms with Crippen LogP contribution in [0.4, 0.5) is 0 Å². The standard InChI is InChI=1S/C19H21N3O5/c1-12(23)21-16(9-13-10-20-15-6-3-2-5-14(13)15)19(26)27-11-18(25)22-8-4-7-17(22)24/h2-3,5-6,10,16,20H,4,7-9,11H2,1H3,(H,21,23)/t16-/m0/s1. The topological polar surface area (TPSA) is 109 Å². The minimum atomic E-state index is -0.927. The van der Waals surface area contributed by atoms with Crippen LogP contribution in [0.5, 0.6) is 0 Å². The number of ether oxygens (including phenoxy) is 1. The van der Waals surface area contributed by atoms with E-state index >= 15 is 0 Å². The van der Waals surface area contributed by atoms with Gasteiger partial charge in [-0.1, -0.05) is 18.2 Å². The molecule has 0 aliphatic carbocycles. The molecule has 1 saturated heterocycles. The smallest absolute Gasteiger partial charge is 0.329 e. The van der Waals surface area contributed by atoms with E-state index in [0.29, 0.717) is 19.4 Å². The Bertz CT molecular complexity index is 888. The number of para-hydroxylation sites is 1. The van der Waals surface area contributed by atoms with Gasteiger partial charge in [0.05, 0.1) is 0 Å². The highest BCUT2D eigenvalue weighted by Crippen LogP contribution is 2.19. The number of rotatable bonds is 6. The Morgan fingerprint density at radius 3 is 2.78 bits per heavy atom. The van der Waals surface area contributed by atoms with Crippen LogP contribution in [0.15, 0.2) is 30.5 Å². The molecule has 1 aliphatic rings. The Kier molecular flexibility index (Phi) is 5.54. The van der Waals surface area contributed by atoms with Gasteiger partial charge in [-0.25, -0.2) is 4.79 Å². The van der Waals surface area contributed by atoms with E-state index in [-0.39, 0.29) is 18.2 Å². The van der Waals surface area contributed by atoms with Gasteiger partial charge in [0.15, 0.2) is 6.61 Å². The number of aromatic amines is 1. The summed E-state index contributed by atoms with van der Waals surface area (Å²) < 4.78 is 5.08. The van der Waals surface area contributed by atoms with E-state index in [4.69, 9.17) is 4.74 Å². The average molecular weight is 371 g/mol. The molecule has 0 spiro atoms. The fraction of sp³-hybridized carbons (Fsp3) is 0.368. The maximum Gasteiger partial charge on any atom is 0.329 e. The number of fused-ring (bicyclic) bond motifs is 1. The highest BCUT2D eigenvalue weighted by atomic mass is 16.5. The molecule has 1 atom stereocenters. The Labute approximate surface area is 155 Å². The monoisotopic (exact) mass is 371 g/mol. The first kappa shape index (κ1) is 18.6. The summed E-state index contributed by atoms with van der Waals surface area (Å²) in [6.45, 7) is 1.14. The molecular weight excluding hydrogens is 350 g/mol. The summed E-state index contributed by atoms with van der Waals surface area (Å²) in [6.07, 6.45) is 2.95. The number of nitrogens with one attached hydrogen (secondary N) is 2. The third-order valence-corrected chi connectivity index (χ3v) is 4.47. The van der Waals surface area contributed by atoms with Gasteiger partial charge in [0, 0.05) is 43.4 Å². The van der Waals surface area contributed by atoms with Crippen molar-refractivity contribution in [2.45, 2.75) is 32.2 Å². The van der Waals surface area contributed by atoms with Crippen molar-refractivity contribution in [1.29, 1.82) is 0 Å². The van der Waals surface area contributed by atoms with Gasteiger partial charge < -0.3 is 15.0 Å². The van der Waals surface area contributed by atoms with Gasteiger partial charge in [0.2, 0.25) is 11.8 Å². The lowest BCUT2D eigenvalue weighted by molar-refractivity contribution is -0.156. The first-order valence-electron chi connectivity index (χ1n) is 8.77. The first-order chi connectivity index (χ1) is 13.0. The zero-order valence-corrected chi connectivity index (χ0v) is 15.0. The van der Waals surface area contributed by atoms with Crippen molar-refractivity contribution in [3.8, 4) is 0 Å². The summed E-state index contributed by atoms with van der Waals surface area (Å²) in [5.74, 6) is -1.89. The van der Waals surface area contributed by atoms with Crippen LogP contribution in [0.1, 0.15) is 25.3 Å². The quantitative estimate of drug-likeness (QED) is 0.734. The van der Waals surface area contributed by atoms with Gasteiger partial charge in [-0.15, -0.1) is 0 Å². The number of carbonyl (C=O) groups is 4. The minimum absolute atomic E-state index is 0.221. The van der Waals surface area contributed by atoms with Crippen molar-refractivity contribution in [2.24, 2.45) is 0 Å². The Morgan fingerprint density at radius 1 is 1.30 bits per heavy atom. The fourth-order valence-corrected chi connectivity index (χ4v) is 3.18. The number of hydrogen-bond donors (Lipinski definition) is 2. The van der Waals surface area contributed by atoms with E-state index < -0.39 is 24.5 Å². The predicted molar refractivity (Wildman–Crippen MR) is 96.5 cm³/mol. The lowest BCUT2D eigenvalue weighted by Crippen LogP contribution is -2.44. The van der Waals surface area contributed by atoms with Crippen LogP contribution in [0, 0.1) is 0 Å². The number of likely N-dealkylation sites (tertiary alicyclic amines) is 1. The van der Waals surface area contributed by atoms with Gasteiger partial charge in [0.25, 0.3) is 5.91 Å². The molecule has 27 heavy (non-hydrogen) atoms. The van der Waals surface area contributed by atoms with E-state index in [1.807, 2.05) is 24.3 Å². The van der Waals surface area contributed by atoms with Crippen molar-refractivity contribution in [1.82, 2.24) is 15.2 Å². The Morgan fingerprint density at radius 2 is 2.07 bits per heavy atom. The number of amides is 3. The number of aromatic nitrogens is 1. The second-order valence-corrected chi connectivity index (χ2v) is 6.47. The second kappa shape index (κ2) is 8.03. The molecule has 3 amide bonds. The number of carbonyl (C=O) groups excluding carboxylic acids is 4.